The SMILES string of the molecule is C/C=C/C=C/C(=O)NCC(=O)Nc1c(C)cccc1C. The van der Waals surface area contributed by atoms with E-state index < -0.39 is 0 Å². The lowest BCUT2D eigenvalue weighted by Gasteiger charge is -2.11. The van der Waals surface area contributed by atoms with Crippen molar-refractivity contribution < 1.29 is 9.59 Å². The summed E-state index contributed by atoms with van der Waals surface area (Å²) in [4.78, 5) is 23.2. The van der Waals surface area contributed by atoms with Crippen molar-refractivity contribution >= 4 is 17.5 Å². The first-order chi connectivity index (χ1) is 9.54. The number of amides is 2. The standard InChI is InChI=1S/C16H20N2O2/c1-4-5-6-10-14(19)17-11-15(20)18-16-12(2)8-7-9-13(16)3/h4-10H,11H2,1-3H3,(H,17,19)(H,18,20)/b5-4+,10-6+. The van der Waals surface area contributed by atoms with Gasteiger partial charge in [-0.25, -0.2) is 0 Å². The van der Waals surface area contributed by atoms with Crippen LogP contribution in [0.1, 0.15) is 18.1 Å². The molecule has 4 nitrogen and oxygen atoms in total. The van der Waals surface area contributed by atoms with E-state index in [-0.39, 0.29) is 18.4 Å². The number of anilines is 1. The van der Waals surface area contributed by atoms with Crippen molar-refractivity contribution in [1.82, 2.24) is 5.32 Å². The first-order valence-corrected chi connectivity index (χ1v) is 6.48. The third-order valence-corrected chi connectivity index (χ3v) is 2.72. The molecule has 20 heavy (non-hydrogen) atoms. The van der Waals surface area contributed by atoms with Crippen LogP contribution in [0.5, 0.6) is 0 Å². The van der Waals surface area contributed by atoms with Crippen molar-refractivity contribution in [2.75, 3.05) is 11.9 Å². The number of carbonyl (C=O) groups is 2. The fourth-order valence-electron chi connectivity index (χ4n) is 1.68. The zero-order valence-corrected chi connectivity index (χ0v) is 12.1. The summed E-state index contributed by atoms with van der Waals surface area (Å²) in [6.45, 7) is 5.68. The van der Waals surface area contributed by atoms with Crippen LogP contribution in [0, 0.1) is 13.8 Å². The Balaban J connectivity index is 2.50. The van der Waals surface area contributed by atoms with Gasteiger partial charge < -0.3 is 10.6 Å². The second kappa shape index (κ2) is 7.94. The maximum absolute atomic E-state index is 11.8. The second-order valence-corrected chi connectivity index (χ2v) is 4.42. The van der Waals surface area contributed by atoms with E-state index in [4.69, 9.17) is 0 Å². The average molecular weight is 272 g/mol. The molecule has 0 aliphatic heterocycles. The largest absolute Gasteiger partial charge is 0.343 e. The number of rotatable bonds is 5. The Kier molecular flexibility index (Phi) is 6.23. The van der Waals surface area contributed by atoms with E-state index in [2.05, 4.69) is 10.6 Å². The van der Waals surface area contributed by atoms with Gasteiger partial charge in [-0.1, -0.05) is 36.4 Å². The Morgan fingerprint density at radius 3 is 2.40 bits per heavy atom. The molecule has 0 heterocycles. The molecule has 0 fully saturated rings. The van der Waals surface area contributed by atoms with E-state index in [1.54, 1.807) is 12.2 Å². The Hall–Kier alpha value is -2.36. The molecule has 0 unspecified atom stereocenters. The molecular weight excluding hydrogens is 252 g/mol. The van der Waals surface area contributed by atoms with Crippen LogP contribution in [-0.4, -0.2) is 18.4 Å². The molecule has 0 aliphatic carbocycles. The lowest BCUT2D eigenvalue weighted by atomic mass is 10.1. The minimum atomic E-state index is -0.292. The predicted molar refractivity (Wildman–Crippen MR) is 81.5 cm³/mol. The molecule has 1 aromatic carbocycles. The van der Waals surface area contributed by atoms with Gasteiger partial charge in [-0.15, -0.1) is 0 Å². The molecule has 0 radical (unpaired) electrons. The van der Waals surface area contributed by atoms with Gasteiger partial charge in [0.2, 0.25) is 11.8 Å². The Labute approximate surface area is 119 Å². The molecule has 1 rings (SSSR count). The monoisotopic (exact) mass is 272 g/mol. The third kappa shape index (κ3) is 5.10. The van der Waals surface area contributed by atoms with Gasteiger partial charge in [0.15, 0.2) is 0 Å². The summed E-state index contributed by atoms with van der Waals surface area (Å²) >= 11 is 0. The molecule has 0 aromatic heterocycles. The van der Waals surface area contributed by atoms with E-state index >= 15 is 0 Å². The van der Waals surface area contributed by atoms with Crippen molar-refractivity contribution in [3.05, 3.63) is 53.6 Å². The fraction of sp³-hybridized carbons (Fsp3) is 0.250. The summed E-state index contributed by atoms with van der Waals surface area (Å²) in [5.74, 6) is -0.532. The van der Waals surface area contributed by atoms with Gasteiger partial charge in [0.1, 0.15) is 0 Å². The molecule has 0 aliphatic rings. The first kappa shape index (κ1) is 15.7. The van der Waals surface area contributed by atoms with Crippen molar-refractivity contribution in [3.8, 4) is 0 Å². The lowest BCUT2D eigenvalue weighted by molar-refractivity contribution is -0.121. The number of aryl methyl sites for hydroxylation is 2. The first-order valence-electron chi connectivity index (χ1n) is 6.48. The highest BCUT2D eigenvalue weighted by molar-refractivity contribution is 5.97. The van der Waals surface area contributed by atoms with Gasteiger partial charge in [0.25, 0.3) is 0 Å². The molecular formula is C16H20N2O2. The molecule has 0 saturated heterocycles. The number of nitrogens with one attached hydrogen (secondary N) is 2. The number of benzene rings is 1. The van der Waals surface area contributed by atoms with E-state index in [0.717, 1.165) is 16.8 Å². The highest BCUT2D eigenvalue weighted by Gasteiger charge is 2.07. The normalized spacial score (nSPS) is 10.9. The average Bonchev–Trinajstić information content (AvgIpc) is 2.41. The van der Waals surface area contributed by atoms with Crippen LogP contribution in [-0.2, 0) is 9.59 Å². The summed E-state index contributed by atoms with van der Waals surface area (Å²) in [6.07, 6.45) is 6.57. The number of hydrogen-bond donors (Lipinski definition) is 2. The second-order valence-electron chi connectivity index (χ2n) is 4.42. The van der Waals surface area contributed by atoms with Crippen molar-refractivity contribution in [3.63, 3.8) is 0 Å². The van der Waals surface area contributed by atoms with Crippen LogP contribution in [0.4, 0.5) is 5.69 Å². The van der Waals surface area contributed by atoms with E-state index in [1.807, 2.05) is 45.0 Å². The minimum absolute atomic E-state index is 0.0488. The van der Waals surface area contributed by atoms with Crippen LogP contribution in [0.2, 0.25) is 0 Å². The zero-order chi connectivity index (χ0) is 15.0. The highest BCUT2D eigenvalue weighted by atomic mass is 16.2. The van der Waals surface area contributed by atoms with Crippen LogP contribution in [0.15, 0.2) is 42.5 Å². The molecule has 4 heteroatoms. The van der Waals surface area contributed by atoms with Crippen molar-refractivity contribution in [2.45, 2.75) is 20.8 Å². The Morgan fingerprint density at radius 2 is 1.80 bits per heavy atom. The van der Waals surface area contributed by atoms with Gasteiger partial charge in [-0.2, -0.15) is 0 Å². The summed E-state index contributed by atoms with van der Waals surface area (Å²) < 4.78 is 0. The Bertz CT molecular complexity index is 525. The third-order valence-electron chi connectivity index (χ3n) is 2.72. The summed E-state index contributed by atoms with van der Waals surface area (Å²) in [6, 6.07) is 5.80. The maximum atomic E-state index is 11.8. The Morgan fingerprint density at radius 1 is 1.15 bits per heavy atom. The van der Waals surface area contributed by atoms with E-state index in [1.165, 1.54) is 6.08 Å². The zero-order valence-electron chi connectivity index (χ0n) is 12.1. The molecule has 0 bridgehead atoms. The predicted octanol–water partition coefficient (Wildman–Crippen LogP) is 2.49. The number of allylic oxidation sites excluding steroid dienone is 3. The number of hydrogen-bond acceptors (Lipinski definition) is 2. The van der Waals surface area contributed by atoms with E-state index in [0.29, 0.717) is 0 Å². The molecule has 0 atom stereocenters. The molecule has 1 aromatic rings. The minimum Gasteiger partial charge on any atom is -0.343 e. The van der Waals surface area contributed by atoms with Crippen LogP contribution < -0.4 is 10.6 Å². The molecule has 0 saturated carbocycles. The quantitative estimate of drug-likeness (QED) is 0.639. The van der Waals surface area contributed by atoms with Crippen molar-refractivity contribution in [2.24, 2.45) is 0 Å². The van der Waals surface area contributed by atoms with Gasteiger partial charge in [-0.05, 0) is 31.9 Å². The topological polar surface area (TPSA) is 58.2 Å². The van der Waals surface area contributed by atoms with E-state index in [9.17, 15) is 9.59 Å². The van der Waals surface area contributed by atoms with Crippen LogP contribution in [0.25, 0.3) is 0 Å². The van der Waals surface area contributed by atoms with Gasteiger partial charge in [0, 0.05) is 11.8 Å². The lowest BCUT2D eigenvalue weighted by Crippen LogP contribution is -2.32. The molecule has 2 amide bonds. The van der Waals surface area contributed by atoms with Crippen LogP contribution >= 0.6 is 0 Å². The summed E-state index contributed by atoms with van der Waals surface area (Å²) in [5, 5.41) is 5.34. The number of carbonyl (C=O) groups excluding carboxylic acids is 2. The molecule has 2 N–H and O–H groups in total. The maximum Gasteiger partial charge on any atom is 0.244 e. The van der Waals surface area contributed by atoms with Gasteiger partial charge in [-0.3, -0.25) is 9.59 Å². The summed E-state index contributed by atoms with van der Waals surface area (Å²) in [7, 11) is 0. The molecule has 0 spiro atoms. The number of para-hydroxylation sites is 1. The smallest absolute Gasteiger partial charge is 0.244 e. The highest BCUT2D eigenvalue weighted by Crippen LogP contribution is 2.18. The van der Waals surface area contributed by atoms with Crippen LogP contribution in [0.3, 0.4) is 0 Å². The molecule has 106 valence electrons. The van der Waals surface area contributed by atoms with Crippen molar-refractivity contribution in [1.29, 1.82) is 0 Å². The fourth-order valence-corrected chi connectivity index (χ4v) is 1.68. The van der Waals surface area contributed by atoms with Gasteiger partial charge >= 0.3 is 0 Å². The van der Waals surface area contributed by atoms with Gasteiger partial charge in [0.05, 0.1) is 6.54 Å². The summed E-state index contributed by atoms with van der Waals surface area (Å²) in [5.41, 5.74) is 2.80.